The number of thiazole rings is 1. The molecule has 0 spiro atoms. The first-order valence-electron chi connectivity index (χ1n) is 7.95. The van der Waals surface area contributed by atoms with Gasteiger partial charge in [-0.05, 0) is 18.2 Å². The molecule has 25 heavy (non-hydrogen) atoms. The molecule has 3 aromatic rings. The van der Waals surface area contributed by atoms with Gasteiger partial charge in [0.2, 0.25) is 5.91 Å². The van der Waals surface area contributed by atoms with Crippen LogP contribution in [0.3, 0.4) is 0 Å². The van der Waals surface area contributed by atoms with Gasteiger partial charge in [-0.1, -0.05) is 17.4 Å². The summed E-state index contributed by atoms with van der Waals surface area (Å²) in [4.78, 5) is 25.5. The molecule has 8 heteroatoms. The molecule has 0 radical (unpaired) electrons. The number of benzene rings is 1. The summed E-state index contributed by atoms with van der Waals surface area (Å²) in [6.45, 7) is 2.92. The molecule has 0 bridgehead atoms. The lowest BCUT2D eigenvalue weighted by Crippen LogP contribution is -3.06. The van der Waals surface area contributed by atoms with Gasteiger partial charge in [-0.2, -0.15) is 4.98 Å². The van der Waals surface area contributed by atoms with Crippen molar-refractivity contribution in [2.75, 3.05) is 32.6 Å². The normalized spacial score (nSPS) is 11.0. The standard InChI is InChI=1S/C17H19N5O2S/c1-11(23)19-17-21-14-5-4-12(10-15(14)25-17)13-6-7-18-16(20-13)24-9-8-22(2)3/h4-7,10H,8-9H2,1-3H3,(H,19,21,23)/p+1. The smallest absolute Gasteiger partial charge is 0.317 e. The van der Waals surface area contributed by atoms with Crippen molar-refractivity contribution in [1.82, 2.24) is 15.0 Å². The Kier molecular flexibility index (Phi) is 5.20. The van der Waals surface area contributed by atoms with E-state index in [-0.39, 0.29) is 5.91 Å². The number of amides is 1. The Labute approximate surface area is 149 Å². The second kappa shape index (κ2) is 7.54. The van der Waals surface area contributed by atoms with Gasteiger partial charge < -0.3 is 15.0 Å². The van der Waals surface area contributed by atoms with Crippen molar-refractivity contribution in [3.8, 4) is 17.3 Å². The van der Waals surface area contributed by atoms with E-state index in [0.717, 1.165) is 28.0 Å². The summed E-state index contributed by atoms with van der Waals surface area (Å²) in [5.41, 5.74) is 2.59. The Morgan fingerprint density at radius 1 is 1.28 bits per heavy atom. The van der Waals surface area contributed by atoms with E-state index in [0.29, 0.717) is 17.7 Å². The number of nitrogens with zero attached hydrogens (tertiary/aromatic N) is 3. The third-order valence-corrected chi connectivity index (χ3v) is 4.37. The van der Waals surface area contributed by atoms with Gasteiger partial charge in [0.05, 0.1) is 30.0 Å². The van der Waals surface area contributed by atoms with E-state index in [1.165, 1.54) is 23.2 Å². The van der Waals surface area contributed by atoms with Crippen LogP contribution < -0.4 is 15.0 Å². The number of hydrogen-bond acceptors (Lipinski definition) is 6. The van der Waals surface area contributed by atoms with Crippen LogP contribution in [0.25, 0.3) is 21.5 Å². The highest BCUT2D eigenvalue weighted by atomic mass is 32.1. The summed E-state index contributed by atoms with van der Waals surface area (Å²) < 4.78 is 6.60. The van der Waals surface area contributed by atoms with E-state index in [1.54, 1.807) is 6.20 Å². The summed E-state index contributed by atoms with van der Waals surface area (Å²) >= 11 is 1.44. The topological polar surface area (TPSA) is 81.4 Å². The molecular weight excluding hydrogens is 338 g/mol. The van der Waals surface area contributed by atoms with Crippen molar-refractivity contribution in [3.63, 3.8) is 0 Å². The van der Waals surface area contributed by atoms with Crippen molar-refractivity contribution in [2.24, 2.45) is 0 Å². The number of ether oxygens (including phenoxy) is 1. The minimum Gasteiger partial charge on any atom is -0.457 e. The number of aromatic nitrogens is 3. The molecule has 0 saturated heterocycles. The van der Waals surface area contributed by atoms with E-state index in [2.05, 4.69) is 34.4 Å². The van der Waals surface area contributed by atoms with Crippen LogP contribution in [0.5, 0.6) is 6.01 Å². The molecule has 2 heterocycles. The Morgan fingerprint density at radius 2 is 2.12 bits per heavy atom. The average molecular weight is 358 g/mol. The monoisotopic (exact) mass is 358 g/mol. The first kappa shape index (κ1) is 17.2. The molecule has 2 aromatic heterocycles. The largest absolute Gasteiger partial charge is 0.457 e. The molecule has 2 N–H and O–H groups in total. The molecule has 0 aliphatic heterocycles. The van der Waals surface area contributed by atoms with Crippen LogP contribution in [0.4, 0.5) is 5.13 Å². The van der Waals surface area contributed by atoms with E-state index < -0.39 is 0 Å². The van der Waals surface area contributed by atoms with Crippen LogP contribution in [0.2, 0.25) is 0 Å². The molecular formula is C17H20N5O2S+. The number of quaternary nitrogens is 1. The van der Waals surface area contributed by atoms with Crippen LogP contribution in [-0.2, 0) is 4.79 Å². The highest BCUT2D eigenvalue weighted by molar-refractivity contribution is 7.22. The summed E-state index contributed by atoms with van der Waals surface area (Å²) in [6, 6.07) is 8.11. The SMILES string of the molecule is CC(=O)Nc1nc2ccc(-c3ccnc(OCC[NH+](C)C)n3)cc2s1. The number of carbonyl (C=O) groups is 1. The van der Waals surface area contributed by atoms with Crippen molar-refractivity contribution in [2.45, 2.75) is 6.92 Å². The van der Waals surface area contributed by atoms with Gasteiger partial charge in [0.1, 0.15) is 13.2 Å². The van der Waals surface area contributed by atoms with Gasteiger partial charge in [-0.25, -0.2) is 9.97 Å². The van der Waals surface area contributed by atoms with Gasteiger partial charge in [-0.3, -0.25) is 4.79 Å². The Hall–Kier alpha value is -2.58. The summed E-state index contributed by atoms with van der Waals surface area (Å²) in [5, 5.41) is 3.31. The predicted octanol–water partition coefficient (Wildman–Crippen LogP) is 1.23. The molecule has 0 atom stereocenters. The molecule has 3 rings (SSSR count). The molecule has 1 aromatic carbocycles. The van der Waals surface area contributed by atoms with Crippen LogP contribution >= 0.6 is 11.3 Å². The minimum absolute atomic E-state index is 0.128. The number of nitrogens with one attached hydrogen (secondary N) is 2. The van der Waals surface area contributed by atoms with Crippen LogP contribution in [0.15, 0.2) is 30.5 Å². The maximum atomic E-state index is 11.2. The quantitative estimate of drug-likeness (QED) is 0.693. The molecule has 0 aliphatic carbocycles. The third-order valence-electron chi connectivity index (χ3n) is 3.43. The van der Waals surface area contributed by atoms with Gasteiger partial charge in [-0.15, -0.1) is 0 Å². The first-order valence-corrected chi connectivity index (χ1v) is 8.76. The number of anilines is 1. The first-order chi connectivity index (χ1) is 12.0. The number of fused-ring (bicyclic) bond motifs is 1. The summed E-state index contributed by atoms with van der Waals surface area (Å²) in [6.07, 6.45) is 1.69. The molecule has 130 valence electrons. The van der Waals surface area contributed by atoms with E-state index in [1.807, 2.05) is 24.3 Å². The zero-order chi connectivity index (χ0) is 17.8. The minimum atomic E-state index is -0.128. The number of hydrogen-bond donors (Lipinski definition) is 2. The molecule has 0 fully saturated rings. The van der Waals surface area contributed by atoms with E-state index in [9.17, 15) is 4.79 Å². The Bertz CT molecular complexity index is 894. The van der Waals surface area contributed by atoms with Crippen LogP contribution in [-0.4, -0.2) is 48.1 Å². The Balaban J connectivity index is 1.82. The zero-order valence-corrected chi connectivity index (χ0v) is 15.2. The molecule has 7 nitrogen and oxygen atoms in total. The second-order valence-electron chi connectivity index (χ2n) is 5.91. The second-order valence-corrected chi connectivity index (χ2v) is 6.94. The zero-order valence-electron chi connectivity index (χ0n) is 14.4. The van der Waals surface area contributed by atoms with Crippen molar-refractivity contribution >= 4 is 32.6 Å². The number of rotatable bonds is 6. The number of carbonyl (C=O) groups excluding carboxylic acids is 1. The van der Waals surface area contributed by atoms with Gasteiger partial charge >= 0.3 is 6.01 Å². The van der Waals surface area contributed by atoms with Gasteiger partial charge in [0, 0.05) is 18.7 Å². The maximum Gasteiger partial charge on any atom is 0.317 e. The summed E-state index contributed by atoms with van der Waals surface area (Å²) in [7, 11) is 4.14. The molecule has 0 saturated carbocycles. The molecule has 0 unspecified atom stereocenters. The van der Waals surface area contributed by atoms with E-state index in [4.69, 9.17) is 4.74 Å². The van der Waals surface area contributed by atoms with Gasteiger partial charge in [0.25, 0.3) is 0 Å². The van der Waals surface area contributed by atoms with Gasteiger partial charge in [0.15, 0.2) is 5.13 Å². The molecule has 0 aliphatic rings. The lowest BCUT2D eigenvalue weighted by atomic mass is 10.1. The third kappa shape index (κ3) is 4.49. The fourth-order valence-electron chi connectivity index (χ4n) is 2.21. The fourth-order valence-corrected chi connectivity index (χ4v) is 3.16. The Morgan fingerprint density at radius 3 is 2.88 bits per heavy atom. The fraction of sp³-hybridized carbons (Fsp3) is 0.294. The van der Waals surface area contributed by atoms with Crippen LogP contribution in [0.1, 0.15) is 6.92 Å². The average Bonchev–Trinajstić information content (AvgIpc) is 2.95. The highest BCUT2D eigenvalue weighted by Gasteiger charge is 2.09. The summed E-state index contributed by atoms with van der Waals surface area (Å²) in [5.74, 6) is -0.128. The molecule has 1 amide bonds. The highest BCUT2D eigenvalue weighted by Crippen LogP contribution is 2.30. The lowest BCUT2D eigenvalue weighted by molar-refractivity contribution is -0.858. The van der Waals surface area contributed by atoms with Crippen LogP contribution in [0, 0.1) is 0 Å². The lowest BCUT2D eigenvalue weighted by Gasteiger charge is -2.08. The van der Waals surface area contributed by atoms with Crippen molar-refractivity contribution in [1.29, 1.82) is 0 Å². The van der Waals surface area contributed by atoms with Crippen molar-refractivity contribution in [3.05, 3.63) is 30.5 Å². The predicted molar refractivity (Wildman–Crippen MR) is 98.1 cm³/mol. The maximum absolute atomic E-state index is 11.2. The van der Waals surface area contributed by atoms with E-state index >= 15 is 0 Å². The van der Waals surface area contributed by atoms with Crippen molar-refractivity contribution < 1.29 is 14.4 Å². The number of likely N-dealkylation sites (N-methyl/N-ethyl adjacent to an activating group) is 1.